The molecule has 5 rings (SSSR count). The zero-order valence-electron chi connectivity index (χ0n) is 25.4. The Balaban J connectivity index is 1.45. The predicted molar refractivity (Wildman–Crippen MR) is 162 cm³/mol. The van der Waals surface area contributed by atoms with Crippen LogP contribution in [0.2, 0.25) is 0 Å². The Hall–Kier alpha value is -4.58. The molecule has 1 aliphatic carbocycles. The zero-order chi connectivity index (χ0) is 31.5. The second-order valence-corrected chi connectivity index (χ2v) is 11.5. The van der Waals surface area contributed by atoms with Crippen molar-refractivity contribution < 1.29 is 23.1 Å². The summed E-state index contributed by atoms with van der Waals surface area (Å²) in [6, 6.07) is 12.3. The van der Waals surface area contributed by atoms with Crippen molar-refractivity contribution in [1.29, 1.82) is 0 Å². The number of benzene rings is 2. The van der Waals surface area contributed by atoms with E-state index in [-0.39, 0.29) is 24.3 Å². The van der Waals surface area contributed by atoms with Gasteiger partial charge in [-0.15, -0.1) is 0 Å². The number of hydrogen-bond donors (Lipinski definition) is 2. The molecule has 4 atom stereocenters. The SMILES string of the molecule is COCC(C(=O)N(C)C)C1C[C@@H](NC(=O)Nc2c(C)c(-c3cnn(C)c3)nn2-c2ccccc2)[C@H](c2ccc(F)c(F)c2)C1. The lowest BCUT2D eigenvalue weighted by molar-refractivity contribution is -0.136. The molecule has 0 saturated heterocycles. The van der Waals surface area contributed by atoms with Gasteiger partial charge in [0.05, 0.1) is 24.4 Å². The van der Waals surface area contributed by atoms with Gasteiger partial charge in [-0.1, -0.05) is 24.3 Å². The number of para-hydroxylation sites is 1. The minimum absolute atomic E-state index is 0.0868. The van der Waals surface area contributed by atoms with Crippen LogP contribution in [-0.2, 0) is 16.6 Å². The van der Waals surface area contributed by atoms with Crippen LogP contribution >= 0.6 is 0 Å². The Morgan fingerprint density at radius 2 is 1.86 bits per heavy atom. The van der Waals surface area contributed by atoms with Gasteiger partial charge in [0.25, 0.3) is 0 Å². The standard InChI is InChI=1S/C32H37F2N7O3/c1-19-29(22-16-35-40(4)17-22)38-41(23-9-7-6-8-10-23)30(19)37-32(43)36-28-15-21(25(18-44-5)31(42)39(2)3)13-24(28)20-11-12-26(33)27(34)14-20/h6-12,14,16-17,21,24-25,28H,13,15,18H2,1-5H3,(H2,36,37,43)/t21?,24-,25?,28+/m0/s1. The number of carbonyl (C=O) groups excluding carboxylic acids is 2. The second kappa shape index (κ2) is 13.0. The van der Waals surface area contributed by atoms with E-state index in [9.17, 15) is 18.4 Å². The van der Waals surface area contributed by atoms with Crippen molar-refractivity contribution in [3.05, 3.63) is 83.7 Å². The number of rotatable bonds is 9. The number of hydrogen-bond acceptors (Lipinski definition) is 5. The summed E-state index contributed by atoms with van der Waals surface area (Å²) in [5.74, 6) is -2.50. The third-order valence-electron chi connectivity index (χ3n) is 8.29. The average molecular weight is 606 g/mol. The molecule has 3 amide bonds. The quantitative estimate of drug-likeness (QED) is 0.283. The topological polar surface area (TPSA) is 106 Å². The van der Waals surface area contributed by atoms with Crippen LogP contribution in [0.4, 0.5) is 19.4 Å². The van der Waals surface area contributed by atoms with Crippen molar-refractivity contribution in [2.75, 3.05) is 33.1 Å². The maximum absolute atomic E-state index is 14.3. The molecule has 2 aromatic heterocycles. The molecule has 2 aromatic carbocycles. The number of nitrogens with one attached hydrogen (secondary N) is 2. The Morgan fingerprint density at radius 3 is 2.50 bits per heavy atom. The molecule has 2 N–H and O–H groups in total. The number of aryl methyl sites for hydroxylation is 1. The average Bonchev–Trinajstić information content (AvgIpc) is 3.70. The largest absolute Gasteiger partial charge is 0.384 e. The number of carbonyl (C=O) groups is 2. The van der Waals surface area contributed by atoms with Crippen LogP contribution in [0, 0.1) is 30.4 Å². The van der Waals surface area contributed by atoms with E-state index >= 15 is 0 Å². The van der Waals surface area contributed by atoms with E-state index in [0.29, 0.717) is 29.9 Å². The van der Waals surface area contributed by atoms with Crippen LogP contribution in [-0.4, -0.2) is 70.3 Å². The van der Waals surface area contributed by atoms with Gasteiger partial charge in [0.15, 0.2) is 11.6 Å². The molecule has 0 bridgehead atoms. The molecular formula is C32H37F2N7O3. The molecule has 1 fully saturated rings. The molecule has 2 heterocycles. The lowest BCUT2D eigenvalue weighted by Gasteiger charge is -2.25. The molecule has 1 aliphatic rings. The fraction of sp³-hybridized carbons (Fsp3) is 0.375. The van der Waals surface area contributed by atoms with E-state index in [1.807, 2.05) is 50.5 Å². The van der Waals surface area contributed by atoms with Gasteiger partial charge in [-0.2, -0.15) is 10.2 Å². The highest BCUT2D eigenvalue weighted by Gasteiger charge is 2.42. The third kappa shape index (κ3) is 6.35. The van der Waals surface area contributed by atoms with Gasteiger partial charge >= 0.3 is 6.03 Å². The maximum Gasteiger partial charge on any atom is 0.320 e. The van der Waals surface area contributed by atoms with E-state index in [0.717, 1.165) is 22.9 Å². The van der Waals surface area contributed by atoms with E-state index in [1.54, 1.807) is 36.8 Å². The van der Waals surface area contributed by atoms with Crippen LogP contribution in [0.1, 0.15) is 29.9 Å². The Bertz CT molecular complexity index is 1640. The highest BCUT2D eigenvalue weighted by molar-refractivity contribution is 5.91. The minimum atomic E-state index is -0.961. The molecule has 232 valence electrons. The van der Waals surface area contributed by atoms with Crippen LogP contribution in [0.3, 0.4) is 0 Å². The fourth-order valence-corrected chi connectivity index (χ4v) is 6.13. The number of aromatic nitrogens is 4. The Kier molecular flexibility index (Phi) is 9.09. The number of amides is 3. The second-order valence-electron chi connectivity index (χ2n) is 11.5. The number of ether oxygens (including phenoxy) is 1. The van der Waals surface area contributed by atoms with Crippen molar-refractivity contribution in [3.63, 3.8) is 0 Å². The molecule has 10 nitrogen and oxygen atoms in total. The predicted octanol–water partition coefficient (Wildman–Crippen LogP) is 4.89. The summed E-state index contributed by atoms with van der Waals surface area (Å²) >= 11 is 0. The van der Waals surface area contributed by atoms with Gasteiger partial charge in [-0.05, 0) is 55.5 Å². The number of anilines is 1. The van der Waals surface area contributed by atoms with Gasteiger partial charge in [-0.3, -0.25) is 14.8 Å². The van der Waals surface area contributed by atoms with Gasteiger partial charge in [0.1, 0.15) is 11.5 Å². The third-order valence-corrected chi connectivity index (χ3v) is 8.29. The maximum atomic E-state index is 14.3. The highest BCUT2D eigenvalue weighted by Crippen LogP contribution is 2.43. The summed E-state index contributed by atoms with van der Waals surface area (Å²) < 4.78 is 36.9. The van der Waals surface area contributed by atoms with Crippen LogP contribution in [0.5, 0.6) is 0 Å². The van der Waals surface area contributed by atoms with Crippen molar-refractivity contribution >= 4 is 17.8 Å². The van der Waals surface area contributed by atoms with E-state index in [2.05, 4.69) is 15.7 Å². The summed E-state index contributed by atoms with van der Waals surface area (Å²) in [7, 11) is 6.74. The van der Waals surface area contributed by atoms with Crippen LogP contribution in [0.15, 0.2) is 60.9 Å². The summed E-state index contributed by atoms with van der Waals surface area (Å²) in [6.45, 7) is 2.08. The number of methoxy groups -OCH3 is 1. The van der Waals surface area contributed by atoms with Gasteiger partial charge in [0, 0.05) is 57.5 Å². The molecular weight excluding hydrogens is 568 g/mol. The smallest absolute Gasteiger partial charge is 0.320 e. The number of halogens is 2. The molecule has 2 unspecified atom stereocenters. The van der Waals surface area contributed by atoms with Crippen LogP contribution < -0.4 is 10.6 Å². The summed E-state index contributed by atoms with van der Waals surface area (Å²) in [5, 5.41) is 15.1. The lowest BCUT2D eigenvalue weighted by atomic mass is 9.88. The zero-order valence-corrected chi connectivity index (χ0v) is 25.4. The summed E-state index contributed by atoms with van der Waals surface area (Å²) in [5.41, 5.74) is 3.52. The van der Waals surface area contributed by atoms with Gasteiger partial charge < -0.3 is 15.0 Å². The van der Waals surface area contributed by atoms with Gasteiger partial charge in [-0.25, -0.2) is 18.3 Å². The molecule has 4 aromatic rings. The fourth-order valence-electron chi connectivity index (χ4n) is 6.13. The van der Waals surface area contributed by atoms with Crippen LogP contribution in [0.25, 0.3) is 16.9 Å². The normalized spacial score (nSPS) is 18.7. The molecule has 0 aliphatic heterocycles. The van der Waals surface area contributed by atoms with E-state index in [1.165, 1.54) is 17.0 Å². The van der Waals surface area contributed by atoms with Crippen molar-refractivity contribution in [2.24, 2.45) is 18.9 Å². The van der Waals surface area contributed by atoms with E-state index < -0.39 is 29.6 Å². The first-order valence-electron chi connectivity index (χ1n) is 14.4. The highest BCUT2D eigenvalue weighted by atomic mass is 19.2. The number of urea groups is 1. The van der Waals surface area contributed by atoms with Gasteiger partial charge in [0.2, 0.25) is 5.91 Å². The monoisotopic (exact) mass is 605 g/mol. The first-order valence-corrected chi connectivity index (χ1v) is 14.4. The Morgan fingerprint density at radius 1 is 1.11 bits per heavy atom. The molecule has 1 saturated carbocycles. The lowest BCUT2D eigenvalue weighted by Crippen LogP contribution is -2.40. The molecule has 12 heteroatoms. The first kappa shape index (κ1) is 30.9. The number of nitrogens with zero attached hydrogens (tertiary/aromatic N) is 5. The molecule has 44 heavy (non-hydrogen) atoms. The minimum Gasteiger partial charge on any atom is -0.384 e. The Labute approximate surface area is 255 Å². The van der Waals surface area contributed by atoms with Crippen molar-refractivity contribution in [3.8, 4) is 16.9 Å². The van der Waals surface area contributed by atoms with Crippen molar-refractivity contribution in [2.45, 2.75) is 31.7 Å². The summed E-state index contributed by atoms with van der Waals surface area (Å²) in [6.07, 6.45) is 4.49. The van der Waals surface area contributed by atoms with E-state index in [4.69, 9.17) is 9.84 Å². The summed E-state index contributed by atoms with van der Waals surface area (Å²) in [4.78, 5) is 28.3. The molecule has 0 radical (unpaired) electrons. The first-order chi connectivity index (χ1) is 21.1. The molecule has 0 spiro atoms. The van der Waals surface area contributed by atoms with Crippen molar-refractivity contribution in [1.82, 2.24) is 29.8 Å².